The number of nitrogens with one attached hydrogen (secondary N) is 1. The monoisotopic (exact) mass is 308 g/mol. The molecule has 2 aromatic heterocycles. The number of benzene rings is 1. The van der Waals surface area contributed by atoms with E-state index in [1.165, 1.54) is 0 Å². The number of para-hydroxylation sites is 1. The second-order valence-corrected chi connectivity index (χ2v) is 5.53. The third-order valence-electron chi connectivity index (χ3n) is 4.02. The van der Waals surface area contributed by atoms with Gasteiger partial charge in [0, 0.05) is 24.5 Å². The van der Waals surface area contributed by atoms with Crippen molar-refractivity contribution >= 4 is 11.6 Å². The summed E-state index contributed by atoms with van der Waals surface area (Å²) < 4.78 is 7.49. The first kappa shape index (κ1) is 13.8. The average molecular weight is 308 g/mol. The van der Waals surface area contributed by atoms with Gasteiger partial charge < -0.3 is 10.1 Å². The first-order valence-corrected chi connectivity index (χ1v) is 7.61. The molecule has 4 rings (SSSR count). The van der Waals surface area contributed by atoms with Gasteiger partial charge in [0.2, 0.25) is 0 Å². The van der Waals surface area contributed by atoms with Crippen molar-refractivity contribution in [2.75, 3.05) is 0 Å². The number of hydrogen-bond acceptors (Lipinski definition) is 4. The number of aryl methyl sites for hydroxylation is 1. The molecule has 0 fully saturated rings. The minimum atomic E-state index is -0.445. The van der Waals surface area contributed by atoms with Gasteiger partial charge in [-0.2, -0.15) is 5.10 Å². The van der Waals surface area contributed by atoms with Crippen LogP contribution in [0.1, 0.15) is 17.5 Å². The van der Waals surface area contributed by atoms with Crippen LogP contribution in [-0.2, 0) is 17.8 Å². The van der Waals surface area contributed by atoms with Gasteiger partial charge in [0.05, 0.1) is 6.20 Å². The Bertz CT molecular complexity index is 858. The Kier molecular flexibility index (Phi) is 3.42. The third kappa shape index (κ3) is 2.63. The molecule has 116 valence electrons. The summed E-state index contributed by atoms with van der Waals surface area (Å²) in [6.45, 7) is 0.390. The van der Waals surface area contributed by atoms with Gasteiger partial charge in [-0.25, -0.2) is 9.50 Å². The van der Waals surface area contributed by atoms with Gasteiger partial charge in [0.1, 0.15) is 5.75 Å². The highest BCUT2D eigenvalue weighted by Crippen LogP contribution is 2.27. The van der Waals surface area contributed by atoms with Crippen molar-refractivity contribution in [2.45, 2.75) is 25.5 Å². The van der Waals surface area contributed by atoms with Crippen LogP contribution in [0.5, 0.6) is 5.75 Å². The highest BCUT2D eigenvalue weighted by molar-refractivity contribution is 5.81. The SMILES string of the molecule is O=C(NCc1cnn2cccnc12)C1CCc2ccccc2O1. The molecule has 1 aliphatic heterocycles. The largest absolute Gasteiger partial charge is 0.480 e. The van der Waals surface area contributed by atoms with Gasteiger partial charge in [-0.15, -0.1) is 0 Å². The van der Waals surface area contributed by atoms with Crippen LogP contribution >= 0.6 is 0 Å². The number of rotatable bonds is 3. The van der Waals surface area contributed by atoms with Gasteiger partial charge in [-0.05, 0) is 30.5 Å². The number of fused-ring (bicyclic) bond motifs is 2. The highest BCUT2D eigenvalue weighted by atomic mass is 16.5. The summed E-state index contributed by atoms with van der Waals surface area (Å²) in [5.41, 5.74) is 2.79. The highest BCUT2D eigenvalue weighted by Gasteiger charge is 2.25. The van der Waals surface area contributed by atoms with Crippen molar-refractivity contribution in [3.8, 4) is 5.75 Å². The molecule has 0 saturated carbocycles. The molecular weight excluding hydrogens is 292 g/mol. The van der Waals surface area contributed by atoms with Crippen molar-refractivity contribution in [1.29, 1.82) is 0 Å². The van der Waals surface area contributed by atoms with Crippen LogP contribution in [0.25, 0.3) is 5.65 Å². The van der Waals surface area contributed by atoms with Crippen molar-refractivity contribution in [1.82, 2.24) is 19.9 Å². The van der Waals surface area contributed by atoms with Crippen LogP contribution in [0.4, 0.5) is 0 Å². The van der Waals surface area contributed by atoms with Crippen LogP contribution in [0.3, 0.4) is 0 Å². The zero-order valence-corrected chi connectivity index (χ0v) is 12.5. The lowest BCUT2D eigenvalue weighted by Gasteiger charge is -2.25. The van der Waals surface area contributed by atoms with Gasteiger partial charge in [-0.3, -0.25) is 4.79 Å². The van der Waals surface area contributed by atoms with Crippen molar-refractivity contribution < 1.29 is 9.53 Å². The number of amides is 1. The van der Waals surface area contributed by atoms with E-state index in [0.717, 1.165) is 28.9 Å². The minimum absolute atomic E-state index is 0.102. The maximum absolute atomic E-state index is 12.4. The molecule has 6 heteroatoms. The van der Waals surface area contributed by atoms with Gasteiger partial charge in [-0.1, -0.05) is 18.2 Å². The molecule has 0 spiro atoms. The number of nitrogens with zero attached hydrogens (tertiary/aromatic N) is 3. The maximum atomic E-state index is 12.4. The van der Waals surface area contributed by atoms with E-state index >= 15 is 0 Å². The Morgan fingerprint density at radius 2 is 2.26 bits per heavy atom. The standard InChI is InChI=1S/C17H16N4O2/c22-17(15-7-6-12-4-1-2-5-14(12)23-15)19-10-13-11-20-21-9-3-8-18-16(13)21/h1-5,8-9,11,15H,6-7,10H2,(H,19,22). The molecule has 0 bridgehead atoms. The van der Waals surface area contributed by atoms with Gasteiger partial charge in [0.15, 0.2) is 11.8 Å². The smallest absolute Gasteiger partial charge is 0.261 e. The van der Waals surface area contributed by atoms with E-state index in [0.29, 0.717) is 13.0 Å². The van der Waals surface area contributed by atoms with Crippen LogP contribution < -0.4 is 10.1 Å². The topological polar surface area (TPSA) is 68.5 Å². The van der Waals surface area contributed by atoms with E-state index < -0.39 is 6.10 Å². The number of carbonyl (C=O) groups is 1. The van der Waals surface area contributed by atoms with E-state index in [2.05, 4.69) is 15.4 Å². The zero-order chi connectivity index (χ0) is 15.6. The maximum Gasteiger partial charge on any atom is 0.261 e. The molecule has 1 aliphatic rings. The van der Waals surface area contributed by atoms with Crippen molar-refractivity contribution in [3.63, 3.8) is 0 Å². The molecule has 3 heterocycles. The predicted octanol–water partition coefficient (Wildman–Crippen LogP) is 1.74. The summed E-state index contributed by atoms with van der Waals surface area (Å²) in [4.78, 5) is 16.6. The molecule has 23 heavy (non-hydrogen) atoms. The molecule has 0 saturated heterocycles. The average Bonchev–Trinajstić information content (AvgIpc) is 3.02. The summed E-state index contributed by atoms with van der Waals surface area (Å²) in [7, 11) is 0. The lowest BCUT2D eigenvalue weighted by molar-refractivity contribution is -0.128. The second-order valence-electron chi connectivity index (χ2n) is 5.53. The van der Waals surface area contributed by atoms with Gasteiger partial charge in [0.25, 0.3) is 5.91 Å². The molecule has 1 aromatic carbocycles. The lowest BCUT2D eigenvalue weighted by Crippen LogP contribution is -2.40. The Hall–Kier alpha value is -2.89. The second kappa shape index (κ2) is 5.72. The zero-order valence-electron chi connectivity index (χ0n) is 12.5. The van der Waals surface area contributed by atoms with Gasteiger partial charge >= 0.3 is 0 Å². The summed E-state index contributed by atoms with van der Waals surface area (Å²) >= 11 is 0. The van der Waals surface area contributed by atoms with Crippen molar-refractivity contribution in [2.24, 2.45) is 0 Å². The molecule has 1 unspecified atom stereocenters. The Labute approximate surface area is 133 Å². The fourth-order valence-electron chi connectivity index (χ4n) is 2.81. The summed E-state index contributed by atoms with van der Waals surface area (Å²) in [6.07, 6.45) is 6.36. The molecule has 1 amide bonds. The molecule has 1 atom stereocenters. The van der Waals surface area contributed by atoms with E-state index in [9.17, 15) is 4.79 Å². The van der Waals surface area contributed by atoms with Crippen LogP contribution in [0, 0.1) is 0 Å². The fourth-order valence-corrected chi connectivity index (χ4v) is 2.81. The number of carbonyl (C=O) groups excluding carboxylic acids is 1. The molecule has 0 aliphatic carbocycles. The quantitative estimate of drug-likeness (QED) is 0.800. The molecule has 6 nitrogen and oxygen atoms in total. The Balaban J connectivity index is 1.43. The normalized spacial score (nSPS) is 16.6. The molecule has 3 aromatic rings. The van der Waals surface area contributed by atoms with E-state index in [4.69, 9.17) is 4.74 Å². The fraction of sp³-hybridized carbons (Fsp3) is 0.235. The van der Waals surface area contributed by atoms with E-state index in [1.807, 2.05) is 36.5 Å². The number of aromatic nitrogens is 3. The first-order valence-electron chi connectivity index (χ1n) is 7.61. The Morgan fingerprint density at radius 3 is 3.22 bits per heavy atom. The minimum Gasteiger partial charge on any atom is -0.480 e. The lowest BCUT2D eigenvalue weighted by atomic mass is 10.0. The predicted molar refractivity (Wildman–Crippen MR) is 84.0 cm³/mol. The Morgan fingerprint density at radius 1 is 1.35 bits per heavy atom. The van der Waals surface area contributed by atoms with E-state index in [-0.39, 0.29) is 5.91 Å². The van der Waals surface area contributed by atoms with E-state index in [1.54, 1.807) is 16.9 Å². The van der Waals surface area contributed by atoms with Crippen molar-refractivity contribution in [3.05, 3.63) is 60.0 Å². The summed E-state index contributed by atoms with van der Waals surface area (Å²) in [6, 6.07) is 9.66. The number of ether oxygens (including phenoxy) is 1. The van der Waals surface area contributed by atoms with Crippen LogP contribution in [0.15, 0.2) is 48.9 Å². The summed E-state index contributed by atoms with van der Waals surface area (Å²) in [5, 5.41) is 7.13. The number of hydrogen-bond donors (Lipinski definition) is 1. The molecular formula is C17H16N4O2. The molecule has 0 radical (unpaired) electrons. The van der Waals surface area contributed by atoms with Crippen LogP contribution in [0.2, 0.25) is 0 Å². The third-order valence-corrected chi connectivity index (χ3v) is 4.02. The van der Waals surface area contributed by atoms with Crippen LogP contribution in [-0.4, -0.2) is 26.6 Å². The first-order chi connectivity index (χ1) is 11.3. The summed E-state index contributed by atoms with van der Waals surface area (Å²) in [5.74, 6) is 0.700. The molecule has 1 N–H and O–H groups in total.